The predicted octanol–water partition coefficient (Wildman–Crippen LogP) is 5.13. The van der Waals surface area contributed by atoms with E-state index in [1.807, 2.05) is 72.8 Å². The minimum atomic E-state index is -0.200. The number of hydrogen-bond donors (Lipinski definition) is 4. The third-order valence-electron chi connectivity index (χ3n) is 5.81. The van der Waals surface area contributed by atoms with Crippen molar-refractivity contribution in [2.45, 2.75) is 6.54 Å². The molecule has 0 saturated carbocycles. The van der Waals surface area contributed by atoms with Gasteiger partial charge in [0.1, 0.15) is 0 Å². The van der Waals surface area contributed by atoms with Crippen LogP contribution < -0.4 is 21.7 Å². The lowest BCUT2D eigenvalue weighted by Gasteiger charge is -2.15. The van der Waals surface area contributed by atoms with Crippen molar-refractivity contribution in [2.75, 3.05) is 16.4 Å². The third-order valence-corrected chi connectivity index (χ3v) is 5.81. The summed E-state index contributed by atoms with van der Waals surface area (Å²) in [6.45, 7) is 0.460. The summed E-state index contributed by atoms with van der Waals surface area (Å²) in [6.07, 6.45) is 0. The van der Waals surface area contributed by atoms with Crippen LogP contribution in [0, 0.1) is 0 Å². The highest BCUT2D eigenvalue weighted by molar-refractivity contribution is 6.37. The maximum absolute atomic E-state index is 13.0. The number of nitrogens with two attached hydrogens (primary N) is 1. The van der Waals surface area contributed by atoms with Gasteiger partial charge in [0.2, 0.25) is 0 Å². The van der Waals surface area contributed by atoms with Crippen LogP contribution in [0.25, 0.3) is 11.3 Å². The van der Waals surface area contributed by atoms with E-state index >= 15 is 0 Å². The van der Waals surface area contributed by atoms with Gasteiger partial charge in [-0.15, -0.1) is 0 Å². The molecule has 0 bridgehead atoms. The summed E-state index contributed by atoms with van der Waals surface area (Å²) < 4.78 is 0. The number of anilines is 3. The van der Waals surface area contributed by atoms with E-state index in [9.17, 15) is 9.59 Å². The van der Waals surface area contributed by atoms with Crippen molar-refractivity contribution in [1.82, 2.24) is 5.32 Å². The van der Waals surface area contributed by atoms with Crippen molar-refractivity contribution >= 4 is 40.1 Å². The minimum absolute atomic E-state index is 0.151. The van der Waals surface area contributed by atoms with Gasteiger partial charge in [-0.2, -0.15) is 0 Å². The van der Waals surface area contributed by atoms with Crippen molar-refractivity contribution in [2.24, 2.45) is 0 Å². The minimum Gasteiger partial charge on any atom is -0.399 e. The monoisotopic (exact) mass is 460 g/mol. The van der Waals surface area contributed by atoms with E-state index in [1.165, 1.54) is 0 Å². The van der Waals surface area contributed by atoms with Gasteiger partial charge in [-0.1, -0.05) is 60.7 Å². The van der Waals surface area contributed by atoms with Crippen LogP contribution in [-0.4, -0.2) is 11.8 Å². The van der Waals surface area contributed by atoms with Gasteiger partial charge in [0.05, 0.1) is 11.3 Å². The van der Waals surface area contributed by atoms with Crippen LogP contribution in [0.15, 0.2) is 103 Å². The summed E-state index contributed by atoms with van der Waals surface area (Å²) in [6, 6.07) is 32.0. The zero-order valence-electron chi connectivity index (χ0n) is 18.9. The van der Waals surface area contributed by atoms with Crippen LogP contribution >= 0.6 is 0 Å². The molecule has 0 saturated heterocycles. The van der Waals surface area contributed by atoms with Gasteiger partial charge in [-0.3, -0.25) is 9.59 Å². The first-order valence-electron chi connectivity index (χ1n) is 11.3. The fourth-order valence-corrected chi connectivity index (χ4v) is 4.05. The van der Waals surface area contributed by atoms with E-state index in [2.05, 4.69) is 16.0 Å². The molecule has 5 rings (SSSR count). The standard InChI is InChI=1S/C29H24N4O2/c30-22-13-16-25-24(17-22)26(29(35)33-25)27(20-9-5-2-6-10-20)32-23-14-11-21(12-15-23)28(34)31-18-19-7-3-1-4-8-19/h1-17,32H,18,30H2,(H,31,34)(H,33,35). The molecule has 0 aromatic heterocycles. The molecule has 0 fully saturated rings. The maximum atomic E-state index is 13.0. The maximum Gasteiger partial charge on any atom is 0.258 e. The predicted molar refractivity (Wildman–Crippen MR) is 140 cm³/mol. The Labute approximate surface area is 203 Å². The Balaban J connectivity index is 1.43. The molecule has 0 spiro atoms. The molecule has 1 heterocycles. The van der Waals surface area contributed by atoms with Gasteiger partial charge >= 0.3 is 0 Å². The summed E-state index contributed by atoms with van der Waals surface area (Å²) in [5, 5.41) is 9.25. The Morgan fingerprint density at radius 2 is 1.49 bits per heavy atom. The second-order valence-electron chi connectivity index (χ2n) is 8.25. The van der Waals surface area contributed by atoms with Gasteiger partial charge in [0.15, 0.2) is 0 Å². The zero-order chi connectivity index (χ0) is 24.2. The lowest BCUT2D eigenvalue weighted by molar-refractivity contribution is -0.110. The fraction of sp³-hybridized carbons (Fsp3) is 0.0345. The summed E-state index contributed by atoms with van der Waals surface area (Å²) in [7, 11) is 0. The molecule has 0 radical (unpaired) electrons. The molecule has 1 aliphatic heterocycles. The van der Waals surface area contributed by atoms with E-state index in [-0.39, 0.29) is 11.8 Å². The quantitative estimate of drug-likeness (QED) is 0.237. The average molecular weight is 461 g/mol. The molecule has 35 heavy (non-hydrogen) atoms. The number of benzene rings is 4. The van der Waals surface area contributed by atoms with Crippen molar-refractivity contribution < 1.29 is 9.59 Å². The lowest BCUT2D eigenvalue weighted by atomic mass is 9.99. The van der Waals surface area contributed by atoms with Crippen LogP contribution in [0.2, 0.25) is 0 Å². The van der Waals surface area contributed by atoms with Crippen LogP contribution in [0.4, 0.5) is 17.1 Å². The van der Waals surface area contributed by atoms with Crippen LogP contribution in [-0.2, 0) is 11.3 Å². The molecule has 4 aromatic rings. The highest BCUT2D eigenvalue weighted by atomic mass is 16.2. The summed E-state index contributed by atoms with van der Waals surface area (Å²) in [5.41, 5.74) is 12.4. The molecule has 5 N–H and O–H groups in total. The Morgan fingerprint density at radius 1 is 0.800 bits per heavy atom. The topological polar surface area (TPSA) is 96.2 Å². The number of fused-ring (bicyclic) bond motifs is 1. The second-order valence-corrected chi connectivity index (χ2v) is 8.25. The van der Waals surface area contributed by atoms with Crippen LogP contribution in [0.1, 0.15) is 27.0 Å². The summed E-state index contributed by atoms with van der Waals surface area (Å²) in [4.78, 5) is 25.6. The van der Waals surface area contributed by atoms with Gasteiger partial charge < -0.3 is 21.7 Å². The van der Waals surface area contributed by atoms with E-state index in [1.54, 1.807) is 30.3 Å². The van der Waals surface area contributed by atoms with Crippen molar-refractivity contribution in [3.63, 3.8) is 0 Å². The van der Waals surface area contributed by atoms with Gasteiger partial charge in [0, 0.05) is 34.7 Å². The number of nitrogen functional groups attached to an aromatic ring is 1. The van der Waals surface area contributed by atoms with Gasteiger partial charge in [-0.25, -0.2) is 0 Å². The Kier molecular flexibility index (Phi) is 6.01. The number of carbonyl (C=O) groups excluding carboxylic acids is 2. The van der Waals surface area contributed by atoms with E-state index in [0.717, 1.165) is 28.1 Å². The summed E-state index contributed by atoms with van der Waals surface area (Å²) >= 11 is 0. The van der Waals surface area contributed by atoms with Crippen molar-refractivity contribution in [3.8, 4) is 0 Å². The number of amides is 2. The number of carbonyl (C=O) groups is 2. The summed E-state index contributed by atoms with van der Waals surface area (Å²) in [5.74, 6) is -0.351. The SMILES string of the molecule is Nc1ccc2c(c1)C(=C(Nc1ccc(C(=O)NCc3ccccc3)cc1)c1ccccc1)C(=O)N2. The first kappa shape index (κ1) is 22.0. The average Bonchev–Trinajstić information content (AvgIpc) is 3.22. The first-order chi connectivity index (χ1) is 17.1. The molecule has 1 aliphatic rings. The van der Waals surface area contributed by atoms with Crippen molar-refractivity contribution in [3.05, 3.63) is 125 Å². The van der Waals surface area contributed by atoms with Gasteiger partial charge in [0.25, 0.3) is 11.8 Å². The second kappa shape index (κ2) is 9.57. The van der Waals surface area contributed by atoms with E-state index in [4.69, 9.17) is 5.73 Å². The Morgan fingerprint density at radius 3 is 2.20 bits per heavy atom. The lowest BCUT2D eigenvalue weighted by Crippen LogP contribution is -2.22. The molecule has 172 valence electrons. The number of rotatable bonds is 6. The molecule has 0 atom stereocenters. The highest BCUT2D eigenvalue weighted by Gasteiger charge is 2.28. The van der Waals surface area contributed by atoms with Crippen LogP contribution in [0.3, 0.4) is 0 Å². The molecule has 2 amide bonds. The van der Waals surface area contributed by atoms with E-state index in [0.29, 0.717) is 29.1 Å². The molecule has 6 nitrogen and oxygen atoms in total. The number of hydrogen-bond acceptors (Lipinski definition) is 4. The molecule has 0 aliphatic carbocycles. The van der Waals surface area contributed by atoms with Crippen molar-refractivity contribution in [1.29, 1.82) is 0 Å². The van der Waals surface area contributed by atoms with Gasteiger partial charge in [-0.05, 0) is 53.6 Å². The molecule has 6 heteroatoms. The normalized spacial score (nSPS) is 13.5. The van der Waals surface area contributed by atoms with Crippen LogP contribution in [0.5, 0.6) is 0 Å². The molecule has 4 aromatic carbocycles. The fourth-order valence-electron chi connectivity index (χ4n) is 4.05. The largest absolute Gasteiger partial charge is 0.399 e. The number of nitrogens with one attached hydrogen (secondary N) is 3. The highest BCUT2D eigenvalue weighted by Crippen LogP contribution is 2.38. The smallest absolute Gasteiger partial charge is 0.258 e. The Bertz CT molecular complexity index is 1410. The molecular weight excluding hydrogens is 436 g/mol. The Hall–Kier alpha value is -4.84. The first-order valence-corrected chi connectivity index (χ1v) is 11.3. The molecule has 0 unspecified atom stereocenters. The third kappa shape index (κ3) is 4.77. The zero-order valence-corrected chi connectivity index (χ0v) is 18.9. The van der Waals surface area contributed by atoms with E-state index < -0.39 is 0 Å². The molecular formula is C29H24N4O2.